The Labute approximate surface area is 65.0 Å². The molecule has 0 amide bonds. The van der Waals surface area contributed by atoms with Crippen molar-refractivity contribution < 1.29 is 0 Å². The van der Waals surface area contributed by atoms with E-state index in [4.69, 9.17) is 0 Å². The van der Waals surface area contributed by atoms with Crippen molar-refractivity contribution in [2.45, 2.75) is 47.5 Å². The smallest absolute Gasteiger partial charge is 0.0349 e. The van der Waals surface area contributed by atoms with Gasteiger partial charge in [-0.15, -0.1) is 0 Å². The van der Waals surface area contributed by atoms with E-state index in [-0.39, 0.29) is 0 Å². The molecule has 10 heavy (non-hydrogen) atoms. The van der Waals surface area contributed by atoms with Crippen molar-refractivity contribution in [3.8, 4) is 0 Å². The van der Waals surface area contributed by atoms with Gasteiger partial charge in [-0.3, -0.25) is 0 Å². The molecule has 0 radical (unpaired) electrons. The third-order valence-electron chi connectivity index (χ3n) is 2.82. The van der Waals surface area contributed by atoms with E-state index in [2.05, 4.69) is 34.6 Å². The van der Waals surface area contributed by atoms with Gasteiger partial charge in [0.15, 0.2) is 0 Å². The van der Waals surface area contributed by atoms with Gasteiger partial charge in [-0.05, 0) is 29.6 Å². The van der Waals surface area contributed by atoms with Crippen LogP contribution in [0, 0.1) is 16.7 Å². The van der Waals surface area contributed by atoms with Crippen LogP contribution >= 0.6 is 0 Å². The molecule has 0 heterocycles. The van der Waals surface area contributed by atoms with E-state index < -0.39 is 0 Å². The average molecular weight is 140 g/mol. The third-order valence-corrected chi connectivity index (χ3v) is 2.82. The van der Waals surface area contributed by atoms with Crippen molar-refractivity contribution in [1.29, 1.82) is 0 Å². The second-order valence-corrected chi connectivity index (χ2v) is 5.64. The van der Waals surface area contributed by atoms with Gasteiger partial charge in [0.1, 0.15) is 0 Å². The van der Waals surface area contributed by atoms with Crippen molar-refractivity contribution in [3.63, 3.8) is 0 Å². The van der Waals surface area contributed by atoms with E-state index in [1.54, 1.807) is 0 Å². The highest BCUT2D eigenvalue weighted by molar-refractivity contribution is 4.92. The molecule has 0 spiro atoms. The van der Waals surface area contributed by atoms with Crippen molar-refractivity contribution in [2.24, 2.45) is 16.7 Å². The minimum Gasteiger partial charge on any atom is -0.0599 e. The lowest BCUT2D eigenvalue weighted by Gasteiger charge is -2.49. The van der Waals surface area contributed by atoms with Crippen molar-refractivity contribution >= 4 is 0 Å². The van der Waals surface area contributed by atoms with Crippen LogP contribution in [0.2, 0.25) is 0 Å². The lowest BCUT2D eigenvalue weighted by molar-refractivity contribution is 0.0147. The van der Waals surface area contributed by atoms with Gasteiger partial charge in [0.2, 0.25) is 0 Å². The number of hydrogen-bond donors (Lipinski definition) is 0. The maximum Gasteiger partial charge on any atom is -0.0349 e. The first-order valence-corrected chi connectivity index (χ1v) is 4.31. The second kappa shape index (κ2) is 1.99. The number of rotatable bonds is 0. The third kappa shape index (κ3) is 1.53. The van der Waals surface area contributed by atoms with Crippen LogP contribution in [0.1, 0.15) is 47.5 Å². The Morgan fingerprint density at radius 1 is 1.10 bits per heavy atom. The molecular weight excluding hydrogens is 120 g/mol. The molecule has 0 saturated heterocycles. The van der Waals surface area contributed by atoms with Gasteiger partial charge < -0.3 is 0 Å². The van der Waals surface area contributed by atoms with Crippen LogP contribution in [0.4, 0.5) is 0 Å². The molecule has 0 nitrogen and oxygen atoms in total. The zero-order valence-corrected chi connectivity index (χ0v) is 7.99. The Morgan fingerprint density at radius 3 is 1.60 bits per heavy atom. The maximum atomic E-state index is 2.37. The molecule has 0 atom stereocenters. The molecule has 1 saturated carbocycles. The van der Waals surface area contributed by atoms with Crippen molar-refractivity contribution in [3.05, 3.63) is 0 Å². The largest absolute Gasteiger partial charge is 0.0599 e. The van der Waals surface area contributed by atoms with Crippen LogP contribution in [0.5, 0.6) is 0 Å². The second-order valence-electron chi connectivity index (χ2n) is 5.64. The molecule has 1 aliphatic rings. The topological polar surface area (TPSA) is 0 Å². The maximum absolute atomic E-state index is 2.37. The van der Waals surface area contributed by atoms with Gasteiger partial charge in [0, 0.05) is 0 Å². The van der Waals surface area contributed by atoms with Crippen LogP contribution < -0.4 is 0 Å². The molecule has 0 heteroatoms. The van der Waals surface area contributed by atoms with Gasteiger partial charge in [-0.2, -0.15) is 0 Å². The predicted octanol–water partition coefficient (Wildman–Crippen LogP) is 3.47. The Balaban J connectivity index is 2.40. The Kier molecular flexibility index (Phi) is 1.61. The van der Waals surface area contributed by atoms with E-state index in [0.717, 1.165) is 5.92 Å². The summed E-state index contributed by atoms with van der Waals surface area (Å²) >= 11 is 0. The summed E-state index contributed by atoms with van der Waals surface area (Å²) < 4.78 is 0. The van der Waals surface area contributed by atoms with Crippen LogP contribution in [0.25, 0.3) is 0 Å². The molecule has 1 aliphatic carbocycles. The molecule has 1 fully saturated rings. The van der Waals surface area contributed by atoms with Crippen molar-refractivity contribution in [1.82, 2.24) is 0 Å². The predicted molar refractivity (Wildman–Crippen MR) is 46.0 cm³/mol. The molecule has 0 aliphatic heterocycles. The highest BCUT2D eigenvalue weighted by Crippen LogP contribution is 2.52. The van der Waals surface area contributed by atoms with E-state index in [9.17, 15) is 0 Å². The van der Waals surface area contributed by atoms with Crippen molar-refractivity contribution in [2.75, 3.05) is 0 Å². The molecule has 0 aromatic carbocycles. The van der Waals surface area contributed by atoms with Gasteiger partial charge in [0.25, 0.3) is 0 Å². The fourth-order valence-electron chi connectivity index (χ4n) is 1.89. The van der Waals surface area contributed by atoms with E-state index in [1.807, 2.05) is 0 Å². The monoisotopic (exact) mass is 140 g/mol. The van der Waals surface area contributed by atoms with E-state index in [0.29, 0.717) is 10.8 Å². The fourth-order valence-corrected chi connectivity index (χ4v) is 1.89. The molecule has 0 aromatic heterocycles. The van der Waals surface area contributed by atoms with Crippen LogP contribution in [0.15, 0.2) is 0 Å². The van der Waals surface area contributed by atoms with Gasteiger partial charge in [-0.1, -0.05) is 34.6 Å². The summed E-state index contributed by atoms with van der Waals surface area (Å²) in [6.07, 6.45) is 2.85. The summed E-state index contributed by atoms with van der Waals surface area (Å²) in [6.45, 7) is 11.8. The SMILES string of the molecule is CC1(C)CC(C(C)(C)C)C1. The first-order valence-electron chi connectivity index (χ1n) is 4.31. The summed E-state index contributed by atoms with van der Waals surface area (Å²) in [5.41, 5.74) is 1.20. The molecule has 60 valence electrons. The number of hydrogen-bond acceptors (Lipinski definition) is 0. The van der Waals surface area contributed by atoms with Gasteiger partial charge in [-0.25, -0.2) is 0 Å². The van der Waals surface area contributed by atoms with Crippen LogP contribution in [-0.2, 0) is 0 Å². The Morgan fingerprint density at radius 2 is 1.50 bits per heavy atom. The molecule has 0 N–H and O–H groups in total. The molecule has 0 aromatic rings. The summed E-state index contributed by atoms with van der Waals surface area (Å²) in [6, 6.07) is 0. The summed E-state index contributed by atoms with van der Waals surface area (Å²) in [5, 5.41) is 0. The zero-order chi connectivity index (χ0) is 7.99. The highest BCUT2D eigenvalue weighted by atomic mass is 14.5. The van der Waals surface area contributed by atoms with Crippen LogP contribution in [-0.4, -0.2) is 0 Å². The Hall–Kier alpha value is 0. The zero-order valence-electron chi connectivity index (χ0n) is 7.99. The standard InChI is InChI=1S/C10H20/c1-9(2,3)8-6-10(4,5)7-8/h8H,6-7H2,1-5H3. The summed E-state index contributed by atoms with van der Waals surface area (Å²) in [7, 11) is 0. The first-order chi connectivity index (χ1) is 4.31. The summed E-state index contributed by atoms with van der Waals surface area (Å²) in [4.78, 5) is 0. The van der Waals surface area contributed by atoms with E-state index in [1.165, 1.54) is 12.8 Å². The lowest BCUT2D eigenvalue weighted by Crippen LogP contribution is -2.39. The highest BCUT2D eigenvalue weighted by Gasteiger charge is 2.41. The minimum absolute atomic E-state index is 0.551. The molecule has 0 unspecified atom stereocenters. The van der Waals surface area contributed by atoms with E-state index >= 15 is 0 Å². The molecule has 0 bridgehead atoms. The van der Waals surface area contributed by atoms with Gasteiger partial charge >= 0.3 is 0 Å². The lowest BCUT2D eigenvalue weighted by atomic mass is 9.56. The van der Waals surface area contributed by atoms with Crippen LogP contribution in [0.3, 0.4) is 0 Å². The molecular formula is C10H20. The van der Waals surface area contributed by atoms with Gasteiger partial charge in [0.05, 0.1) is 0 Å². The summed E-state index contributed by atoms with van der Waals surface area (Å²) in [5.74, 6) is 0.975. The quantitative estimate of drug-likeness (QED) is 0.483. The normalized spacial score (nSPS) is 26.1. The Bertz CT molecular complexity index is 117. The fraction of sp³-hybridized carbons (Fsp3) is 1.00. The minimum atomic E-state index is 0.551. The average Bonchev–Trinajstić information content (AvgIpc) is 1.56. The molecule has 1 rings (SSSR count). The first kappa shape index (κ1) is 8.10.